The molecule has 0 spiro atoms. The number of carbonyl (C=O) groups excluding carboxylic acids is 1. The van der Waals surface area contributed by atoms with E-state index < -0.39 is 0 Å². The van der Waals surface area contributed by atoms with E-state index in [0.29, 0.717) is 6.61 Å². The van der Waals surface area contributed by atoms with Gasteiger partial charge in [0.25, 0.3) is 0 Å². The fourth-order valence-electron chi connectivity index (χ4n) is 2.58. The van der Waals surface area contributed by atoms with Gasteiger partial charge in [0.15, 0.2) is 0 Å². The summed E-state index contributed by atoms with van der Waals surface area (Å²) < 4.78 is 4.97. The first-order valence-electron chi connectivity index (χ1n) is 5.53. The van der Waals surface area contributed by atoms with Gasteiger partial charge in [-0.05, 0) is 18.8 Å². The van der Waals surface area contributed by atoms with E-state index in [1.54, 1.807) is 0 Å². The van der Waals surface area contributed by atoms with Crippen LogP contribution in [0, 0.1) is 11.8 Å². The average molecular weight is 182 g/mol. The third kappa shape index (κ3) is 2.23. The second-order valence-electron chi connectivity index (χ2n) is 4.39. The van der Waals surface area contributed by atoms with E-state index in [1.807, 2.05) is 0 Å². The molecule has 74 valence electrons. The molecule has 1 heterocycles. The lowest BCUT2D eigenvalue weighted by molar-refractivity contribution is -0.141. The highest BCUT2D eigenvalue weighted by Crippen LogP contribution is 2.32. The molecule has 2 fully saturated rings. The quantitative estimate of drug-likeness (QED) is 0.613. The first kappa shape index (κ1) is 9.04. The lowest BCUT2D eigenvalue weighted by Gasteiger charge is -2.22. The van der Waals surface area contributed by atoms with Crippen molar-refractivity contribution in [2.24, 2.45) is 11.8 Å². The summed E-state index contributed by atoms with van der Waals surface area (Å²) in [6, 6.07) is 0. The van der Waals surface area contributed by atoms with Gasteiger partial charge < -0.3 is 4.74 Å². The Bertz CT molecular complexity index is 183. The Kier molecular flexibility index (Phi) is 2.87. The predicted molar refractivity (Wildman–Crippen MR) is 50.3 cm³/mol. The van der Waals surface area contributed by atoms with Crippen molar-refractivity contribution in [3.8, 4) is 0 Å². The van der Waals surface area contributed by atoms with Gasteiger partial charge in [0.2, 0.25) is 0 Å². The van der Waals surface area contributed by atoms with Crippen LogP contribution in [0.1, 0.15) is 44.9 Å². The Morgan fingerprint density at radius 1 is 1.15 bits per heavy atom. The third-order valence-electron chi connectivity index (χ3n) is 3.39. The minimum Gasteiger partial charge on any atom is -0.465 e. The molecule has 0 amide bonds. The first-order chi connectivity index (χ1) is 6.36. The molecule has 1 saturated carbocycles. The van der Waals surface area contributed by atoms with E-state index in [-0.39, 0.29) is 11.9 Å². The maximum absolute atomic E-state index is 11.2. The average Bonchev–Trinajstić information content (AvgIpc) is 2.54. The predicted octanol–water partition coefficient (Wildman–Crippen LogP) is 2.52. The van der Waals surface area contributed by atoms with Crippen LogP contribution in [0.25, 0.3) is 0 Å². The number of hydrogen-bond acceptors (Lipinski definition) is 2. The molecule has 1 aliphatic heterocycles. The zero-order valence-electron chi connectivity index (χ0n) is 8.13. The zero-order valence-corrected chi connectivity index (χ0v) is 8.13. The van der Waals surface area contributed by atoms with Crippen molar-refractivity contribution >= 4 is 5.97 Å². The molecule has 2 aliphatic rings. The maximum Gasteiger partial charge on any atom is 0.309 e. The molecule has 0 bridgehead atoms. The van der Waals surface area contributed by atoms with Crippen LogP contribution >= 0.6 is 0 Å². The number of ether oxygens (including phenoxy) is 1. The highest BCUT2D eigenvalue weighted by molar-refractivity contribution is 5.74. The summed E-state index contributed by atoms with van der Waals surface area (Å²) in [5.41, 5.74) is 0. The Balaban J connectivity index is 1.79. The van der Waals surface area contributed by atoms with Crippen LogP contribution in [-0.4, -0.2) is 12.6 Å². The summed E-state index contributed by atoms with van der Waals surface area (Å²) in [5, 5.41) is 0. The molecular weight excluding hydrogens is 164 g/mol. The van der Waals surface area contributed by atoms with Crippen molar-refractivity contribution < 1.29 is 9.53 Å². The lowest BCUT2D eigenvalue weighted by atomic mass is 9.82. The molecule has 1 unspecified atom stereocenters. The smallest absolute Gasteiger partial charge is 0.309 e. The number of carbonyl (C=O) groups is 1. The Morgan fingerprint density at radius 3 is 2.54 bits per heavy atom. The highest BCUT2D eigenvalue weighted by Gasteiger charge is 2.29. The summed E-state index contributed by atoms with van der Waals surface area (Å²) >= 11 is 0. The van der Waals surface area contributed by atoms with Gasteiger partial charge in [-0.15, -0.1) is 0 Å². The first-order valence-corrected chi connectivity index (χ1v) is 5.53. The van der Waals surface area contributed by atoms with Crippen molar-refractivity contribution in [3.05, 3.63) is 0 Å². The fraction of sp³-hybridized carbons (Fsp3) is 0.909. The molecule has 0 aromatic rings. The summed E-state index contributed by atoms with van der Waals surface area (Å²) in [7, 11) is 0. The molecule has 1 saturated heterocycles. The molecule has 2 nitrogen and oxygen atoms in total. The molecule has 0 aromatic heterocycles. The lowest BCUT2D eigenvalue weighted by Crippen LogP contribution is -2.15. The topological polar surface area (TPSA) is 26.3 Å². The van der Waals surface area contributed by atoms with Crippen molar-refractivity contribution in [2.45, 2.75) is 44.9 Å². The zero-order chi connectivity index (χ0) is 9.10. The van der Waals surface area contributed by atoms with Crippen molar-refractivity contribution in [1.29, 1.82) is 0 Å². The number of esters is 1. The van der Waals surface area contributed by atoms with Crippen molar-refractivity contribution in [1.82, 2.24) is 0 Å². The van der Waals surface area contributed by atoms with Gasteiger partial charge in [-0.25, -0.2) is 0 Å². The normalized spacial score (nSPS) is 30.5. The summed E-state index contributed by atoms with van der Waals surface area (Å²) in [6.07, 6.45) is 8.87. The Hall–Kier alpha value is -0.530. The molecule has 2 heteroatoms. The standard InChI is InChI=1S/C11H18O2/c12-11-10(6-7-13-11)8-9-4-2-1-3-5-9/h9-10H,1-8H2. The minimum atomic E-state index is 0.0607. The van der Waals surface area contributed by atoms with Gasteiger partial charge in [-0.2, -0.15) is 0 Å². The van der Waals surface area contributed by atoms with Gasteiger partial charge in [-0.1, -0.05) is 32.1 Å². The Labute approximate surface area is 79.7 Å². The summed E-state index contributed by atoms with van der Waals surface area (Å²) in [4.78, 5) is 11.2. The molecule has 0 N–H and O–H groups in total. The largest absolute Gasteiger partial charge is 0.465 e. The van der Waals surface area contributed by atoms with Crippen LogP contribution in [0.4, 0.5) is 0 Å². The number of hydrogen-bond donors (Lipinski definition) is 0. The molecule has 0 radical (unpaired) electrons. The van der Waals surface area contributed by atoms with Crippen LogP contribution in [0.5, 0.6) is 0 Å². The van der Waals surface area contributed by atoms with Gasteiger partial charge >= 0.3 is 5.97 Å². The van der Waals surface area contributed by atoms with Crippen LogP contribution in [0.2, 0.25) is 0 Å². The summed E-state index contributed by atoms with van der Waals surface area (Å²) in [5.74, 6) is 1.11. The molecular formula is C11H18O2. The fourth-order valence-corrected chi connectivity index (χ4v) is 2.58. The van der Waals surface area contributed by atoms with Crippen LogP contribution in [0.3, 0.4) is 0 Å². The maximum atomic E-state index is 11.2. The van der Waals surface area contributed by atoms with E-state index in [9.17, 15) is 4.79 Å². The third-order valence-corrected chi connectivity index (χ3v) is 3.39. The SMILES string of the molecule is O=C1OCCC1CC1CCCCC1. The molecule has 0 aromatic carbocycles. The van der Waals surface area contributed by atoms with Crippen molar-refractivity contribution in [2.75, 3.05) is 6.61 Å². The van der Waals surface area contributed by atoms with E-state index in [4.69, 9.17) is 4.74 Å². The van der Waals surface area contributed by atoms with Crippen LogP contribution in [0.15, 0.2) is 0 Å². The second kappa shape index (κ2) is 4.12. The number of cyclic esters (lactones) is 1. The summed E-state index contributed by atoms with van der Waals surface area (Å²) in [6.45, 7) is 0.663. The van der Waals surface area contributed by atoms with Crippen molar-refractivity contribution in [3.63, 3.8) is 0 Å². The molecule has 2 rings (SSSR count). The van der Waals surface area contributed by atoms with E-state index in [2.05, 4.69) is 0 Å². The molecule has 1 aliphatic carbocycles. The monoisotopic (exact) mass is 182 g/mol. The van der Waals surface area contributed by atoms with Crippen LogP contribution in [-0.2, 0) is 9.53 Å². The van der Waals surface area contributed by atoms with Gasteiger partial charge in [0.1, 0.15) is 0 Å². The van der Waals surface area contributed by atoms with E-state index in [1.165, 1.54) is 32.1 Å². The highest BCUT2D eigenvalue weighted by atomic mass is 16.5. The van der Waals surface area contributed by atoms with Gasteiger partial charge in [0.05, 0.1) is 12.5 Å². The van der Waals surface area contributed by atoms with Crippen LogP contribution < -0.4 is 0 Å². The molecule has 13 heavy (non-hydrogen) atoms. The van der Waals surface area contributed by atoms with Gasteiger partial charge in [-0.3, -0.25) is 4.79 Å². The molecule has 1 atom stereocenters. The second-order valence-corrected chi connectivity index (χ2v) is 4.39. The number of rotatable bonds is 2. The minimum absolute atomic E-state index is 0.0607. The Morgan fingerprint density at radius 2 is 1.92 bits per heavy atom. The van der Waals surface area contributed by atoms with Gasteiger partial charge in [0, 0.05) is 0 Å². The van der Waals surface area contributed by atoms with E-state index in [0.717, 1.165) is 18.8 Å². The van der Waals surface area contributed by atoms with E-state index >= 15 is 0 Å².